The van der Waals surface area contributed by atoms with Crippen LogP contribution in [-0.4, -0.2) is 53.5 Å². The smallest absolute Gasteiger partial charge is 0.335 e. The Kier molecular flexibility index (Phi) is 4.34. The summed E-state index contributed by atoms with van der Waals surface area (Å²) in [6.45, 7) is 1.85. The van der Waals surface area contributed by atoms with E-state index in [9.17, 15) is 14.0 Å². The Morgan fingerprint density at radius 1 is 1.40 bits per heavy atom. The molecule has 1 amide bonds. The standard InChI is InChI=1S/C14H17FN2O3/c1-16-5-2-6-17(9-13(16)18)8-11-7-10(14(19)20)3-4-12(11)15/h3-4,7H,2,5-6,8-9H2,1H3,(H,19,20). The summed E-state index contributed by atoms with van der Waals surface area (Å²) in [5.74, 6) is -1.53. The molecule has 1 aromatic rings. The molecule has 6 heteroatoms. The number of carboxylic acid groups (broad SMARTS) is 1. The molecule has 1 N–H and O–H groups in total. The predicted molar refractivity (Wildman–Crippen MR) is 70.9 cm³/mol. The maximum Gasteiger partial charge on any atom is 0.335 e. The molecule has 0 saturated carbocycles. The highest BCUT2D eigenvalue weighted by Crippen LogP contribution is 2.15. The van der Waals surface area contributed by atoms with Crippen LogP contribution in [0.2, 0.25) is 0 Å². The van der Waals surface area contributed by atoms with Crippen LogP contribution in [-0.2, 0) is 11.3 Å². The molecule has 1 heterocycles. The number of benzene rings is 1. The van der Waals surface area contributed by atoms with Crippen LogP contribution in [0, 0.1) is 5.82 Å². The van der Waals surface area contributed by atoms with Crippen LogP contribution in [0.15, 0.2) is 18.2 Å². The lowest BCUT2D eigenvalue weighted by atomic mass is 10.1. The number of hydrogen-bond acceptors (Lipinski definition) is 3. The molecule has 5 nitrogen and oxygen atoms in total. The van der Waals surface area contributed by atoms with Crippen molar-refractivity contribution >= 4 is 11.9 Å². The van der Waals surface area contributed by atoms with Crippen molar-refractivity contribution in [1.29, 1.82) is 0 Å². The van der Waals surface area contributed by atoms with Gasteiger partial charge in [0, 0.05) is 32.2 Å². The van der Waals surface area contributed by atoms with Crippen LogP contribution < -0.4 is 0 Å². The van der Waals surface area contributed by atoms with Crippen LogP contribution >= 0.6 is 0 Å². The topological polar surface area (TPSA) is 60.9 Å². The number of carboxylic acids is 1. The zero-order chi connectivity index (χ0) is 14.7. The van der Waals surface area contributed by atoms with Gasteiger partial charge >= 0.3 is 5.97 Å². The van der Waals surface area contributed by atoms with E-state index < -0.39 is 11.8 Å². The molecule has 1 aromatic carbocycles. The molecule has 1 aliphatic heterocycles. The molecular formula is C14H17FN2O3. The average Bonchev–Trinajstić information content (AvgIpc) is 2.54. The normalized spacial score (nSPS) is 17.1. The van der Waals surface area contributed by atoms with Crippen molar-refractivity contribution in [3.63, 3.8) is 0 Å². The molecular weight excluding hydrogens is 263 g/mol. The van der Waals surface area contributed by atoms with E-state index in [-0.39, 0.29) is 24.6 Å². The van der Waals surface area contributed by atoms with Gasteiger partial charge in [-0.3, -0.25) is 9.69 Å². The van der Waals surface area contributed by atoms with E-state index >= 15 is 0 Å². The minimum absolute atomic E-state index is 0.00250. The lowest BCUT2D eigenvalue weighted by Crippen LogP contribution is -2.34. The minimum atomic E-state index is -1.09. The summed E-state index contributed by atoms with van der Waals surface area (Å²) in [6, 6.07) is 3.73. The average molecular weight is 280 g/mol. The number of amides is 1. The first kappa shape index (κ1) is 14.5. The Morgan fingerprint density at radius 3 is 2.85 bits per heavy atom. The second kappa shape index (κ2) is 6.00. The number of carbonyl (C=O) groups is 2. The number of carbonyl (C=O) groups excluding carboxylic acids is 1. The largest absolute Gasteiger partial charge is 0.478 e. The molecule has 1 saturated heterocycles. The zero-order valence-electron chi connectivity index (χ0n) is 11.3. The third-order valence-corrected chi connectivity index (χ3v) is 3.44. The highest BCUT2D eigenvalue weighted by Gasteiger charge is 2.20. The van der Waals surface area contributed by atoms with Crippen molar-refractivity contribution in [1.82, 2.24) is 9.80 Å². The van der Waals surface area contributed by atoms with E-state index in [0.717, 1.165) is 12.5 Å². The summed E-state index contributed by atoms with van der Waals surface area (Å²) in [7, 11) is 1.75. The molecule has 1 aliphatic rings. The van der Waals surface area contributed by atoms with Gasteiger partial charge in [-0.1, -0.05) is 0 Å². The summed E-state index contributed by atoms with van der Waals surface area (Å²) in [4.78, 5) is 26.2. The highest BCUT2D eigenvalue weighted by molar-refractivity contribution is 5.87. The van der Waals surface area contributed by atoms with E-state index in [1.54, 1.807) is 11.9 Å². The number of hydrogen-bond donors (Lipinski definition) is 1. The van der Waals surface area contributed by atoms with E-state index in [2.05, 4.69) is 0 Å². The summed E-state index contributed by atoms with van der Waals surface area (Å²) in [5.41, 5.74) is 0.363. The van der Waals surface area contributed by atoms with Crippen LogP contribution in [0.1, 0.15) is 22.3 Å². The molecule has 0 aliphatic carbocycles. The van der Waals surface area contributed by atoms with Gasteiger partial charge in [-0.15, -0.1) is 0 Å². The van der Waals surface area contributed by atoms with Gasteiger partial charge in [0.2, 0.25) is 5.91 Å². The summed E-state index contributed by atoms with van der Waals surface area (Å²) >= 11 is 0. The third kappa shape index (κ3) is 3.33. The molecule has 0 unspecified atom stereocenters. The fourth-order valence-electron chi connectivity index (χ4n) is 2.25. The second-order valence-electron chi connectivity index (χ2n) is 4.99. The molecule has 0 spiro atoms. The molecule has 0 aromatic heterocycles. The minimum Gasteiger partial charge on any atom is -0.478 e. The monoisotopic (exact) mass is 280 g/mol. The zero-order valence-corrected chi connectivity index (χ0v) is 11.3. The van der Waals surface area contributed by atoms with E-state index in [1.807, 2.05) is 4.90 Å². The van der Waals surface area contributed by atoms with Crippen molar-refractivity contribution in [2.75, 3.05) is 26.7 Å². The Hall–Kier alpha value is -1.95. The van der Waals surface area contributed by atoms with Crippen molar-refractivity contribution < 1.29 is 19.1 Å². The summed E-state index contributed by atoms with van der Waals surface area (Å²) < 4.78 is 13.7. The quantitative estimate of drug-likeness (QED) is 0.903. The van der Waals surface area contributed by atoms with Gasteiger partial charge in [-0.2, -0.15) is 0 Å². The van der Waals surface area contributed by atoms with Gasteiger partial charge in [-0.25, -0.2) is 9.18 Å². The number of aromatic carboxylic acids is 1. The highest BCUT2D eigenvalue weighted by atomic mass is 19.1. The van der Waals surface area contributed by atoms with Gasteiger partial charge in [-0.05, 0) is 24.6 Å². The lowest BCUT2D eigenvalue weighted by molar-refractivity contribution is -0.130. The molecule has 108 valence electrons. The molecule has 1 fully saturated rings. The summed E-state index contributed by atoms with van der Waals surface area (Å²) in [5, 5.41) is 8.93. The lowest BCUT2D eigenvalue weighted by Gasteiger charge is -2.19. The van der Waals surface area contributed by atoms with Crippen LogP contribution in [0.25, 0.3) is 0 Å². The van der Waals surface area contributed by atoms with Gasteiger partial charge in [0.25, 0.3) is 0 Å². The van der Waals surface area contributed by atoms with Gasteiger partial charge in [0.05, 0.1) is 12.1 Å². The second-order valence-corrected chi connectivity index (χ2v) is 4.99. The first-order chi connectivity index (χ1) is 9.47. The Balaban J connectivity index is 2.14. The van der Waals surface area contributed by atoms with Crippen molar-refractivity contribution in [2.24, 2.45) is 0 Å². The molecule has 20 heavy (non-hydrogen) atoms. The molecule has 0 radical (unpaired) electrons. The number of halogens is 1. The van der Waals surface area contributed by atoms with E-state index in [4.69, 9.17) is 5.11 Å². The van der Waals surface area contributed by atoms with Crippen LogP contribution in [0.5, 0.6) is 0 Å². The third-order valence-electron chi connectivity index (χ3n) is 3.44. The van der Waals surface area contributed by atoms with Crippen molar-refractivity contribution in [2.45, 2.75) is 13.0 Å². The fourth-order valence-corrected chi connectivity index (χ4v) is 2.25. The van der Waals surface area contributed by atoms with E-state index in [1.165, 1.54) is 12.1 Å². The van der Waals surface area contributed by atoms with Gasteiger partial charge in [0.1, 0.15) is 5.82 Å². The fraction of sp³-hybridized carbons (Fsp3) is 0.429. The van der Waals surface area contributed by atoms with Crippen molar-refractivity contribution in [3.05, 3.63) is 35.1 Å². The van der Waals surface area contributed by atoms with Gasteiger partial charge in [0.15, 0.2) is 0 Å². The SMILES string of the molecule is CN1CCCN(Cc2cc(C(=O)O)ccc2F)CC1=O. The number of rotatable bonds is 3. The first-order valence-corrected chi connectivity index (χ1v) is 6.45. The van der Waals surface area contributed by atoms with E-state index in [0.29, 0.717) is 18.7 Å². The Labute approximate surface area is 116 Å². The van der Waals surface area contributed by atoms with Gasteiger partial charge < -0.3 is 10.0 Å². The first-order valence-electron chi connectivity index (χ1n) is 6.45. The number of nitrogens with zero attached hydrogens (tertiary/aromatic N) is 2. The Bertz CT molecular complexity index is 533. The molecule has 0 atom stereocenters. The van der Waals surface area contributed by atoms with Crippen LogP contribution in [0.4, 0.5) is 4.39 Å². The maximum absolute atomic E-state index is 13.7. The van der Waals surface area contributed by atoms with Crippen molar-refractivity contribution in [3.8, 4) is 0 Å². The Morgan fingerprint density at radius 2 is 2.15 bits per heavy atom. The maximum atomic E-state index is 13.7. The number of likely N-dealkylation sites (N-methyl/N-ethyl adjacent to an activating group) is 1. The molecule has 0 bridgehead atoms. The molecule has 2 rings (SSSR count). The summed E-state index contributed by atoms with van der Waals surface area (Å²) in [6.07, 6.45) is 0.822. The predicted octanol–water partition coefficient (Wildman–Crippen LogP) is 1.19. The van der Waals surface area contributed by atoms with Crippen LogP contribution in [0.3, 0.4) is 0 Å².